The van der Waals surface area contributed by atoms with Gasteiger partial charge in [0.15, 0.2) is 0 Å². The molecule has 0 atom stereocenters. The number of halogens is 1. The van der Waals surface area contributed by atoms with Crippen LogP contribution in [0.3, 0.4) is 0 Å². The van der Waals surface area contributed by atoms with Gasteiger partial charge < -0.3 is 0 Å². The van der Waals surface area contributed by atoms with E-state index in [-0.39, 0.29) is 0 Å². The van der Waals surface area contributed by atoms with Gasteiger partial charge in [0.25, 0.3) is 0 Å². The van der Waals surface area contributed by atoms with Gasteiger partial charge in [0.2, 0.25) is 0 Å². The Balaban J connectivity index is 2.67. The van der Waals surface area contributed by atoms with E-state index in [9.17, 15) is 0 Å². The first kappa shape index (κ1) is 10.9. The van der Waals surface area contributed by atoms with E-state index in [1.165, 1.54) is 0 Å². The zero-order valence-corrected chi connectivity index (χ0v) is 9.67. The van der Waals surface area contributed by atoms with Crippen molar-refractivity contribution in [1.29, 1.82) is 0 Å². The van der Waals surface area contributed by atoms with Gasteiger partial charge >= 0.3 is 0 Å². The Kier molecular flexibility index (Phi) is 3.07. The second-order valence-electron chi connectivity index (χ2n) is 3.61. The van der Waals surface area contributed by atoms with Crippen molar-refractivity contribution in [3.63, 3.8) is 0 Å². The van der Waals surface area contributed by atoms with Gasteiger partial charge in [-0.05, 0) is 29.7 Å². The molecule has 0 spiro atoms. The van der Waals surface area contributed by atoms with Crippen molar-refractivity contribution >= 4 is 28.1 Å². The van der Waals surface area contributed by atoms with Crippen molar-refractivity contribution in [3.05, 3.63) is 60.3 Å². The van der Waals surface area contributed by atoms with Crippen LogP contribution in [0.2, 0.25) is 5.15 Å². The Morgan fingerprint density at radius 3 is 2.88 bits per heavy atom. The fourth-order valence-corrected chi connectivity index (χ4v) is 1.92. The highest BCUT2D eigenvalue weighted by molar-refractivity contribution is 6.30. The summed E-state index contributed by atoms with van der Waals surface area (Å²) in [5.41, 5.74) is 2.96. The molecule has 1 nitrogen and oxygen atoms in total. The van der Waals surface area contributed by atoms with Crippen molar-refractivity contribution in [1.82, 2.24) is 4.98 Å². The molecule has 80 valence electrons. The number of allylic oxidation sites excluding steroid dienone is 2. The molecule has 0 N–H and O–H groups in total. The van der Waals surface area contributed by atoms with Crippen LogP contribution in [0.25, 0.3) is 16.5 Å². The standard InChI is InChI=1S/C14H12ClN/c1-3-6-10(2)12-9-14(15)16-13-8-5-4-7-11(12)13/h3-5,7-9H,1-2,6H2. The van der Waals surface area contributed by atoms with Gasteiger partial charge in [-0.2, -0.15) is 0 Å². The van der Waals surface area contributed by atoms with E-state index in [2.05, 4.69) is 18.1 Å². The molecule has 1 heterocycles. The van der Waals surface area contributed by atoms with E-state index in [4.69, 9.17) is 11.6 Å². The number of rotatable bonds is 3. The van der Waals surface area contributed by atoms with Crippen LogP contribution in [-0.4, -0.2) is 4.98 Å². The fraction of sp³-hybridized carbons (Fsp3) is 0.0714. The number of fused-ring (bicyclic) bond motifs is 1. The molecule has 0 aliphatic heterocycles. The predicted octanol–water partition coefficient (Wildman–Crippen LogP) is 4.48. The SMILES string of the molecule is C=CCC(=C)c1cc(Cl)nc2ccccc12. The molecule has 2 rings (SSSR count). The third-order valence-corrected chi connectivity index (χ3v) is 2.65. The number of para-hydroxylation sites is 1. The number of benzene rings is 1. The molecule has 0 saturated carbocycles. The molecule has 0 saturated heterocycles. The van der Waals surface area contributed by atoms with E-state index in [0.717, 1.165) is 28.5 Å². The first-order valence-corrected chi connectivity index (χ1v) is 5.44. The Hall–Kier alpha value is -1.60. The van der Waals surface area contributed by atoms with Gasteiger partial charge in [0.1, 0.15) is 5.15 Å². The molecule has 0 fully saturated rings. The minimum absolute atomic E-state index is 0.499. The third kappa shape index (κ3) is 2.00. The van der Waals surface area contributed by atoms with Crippen molar-refractivity contribution in [2.75, 3.05) is 0 Å². The number of nitrogens with zero attached hydrogens (tertiary/aromatic N) is 1. The average Bonchev–Trinajstić information content (AvgIpc) is 2.28. The Morgan fingerprint density at radius 1 is 1.38 bits per heavy atom. The topological polar surface area (TPSA) is 12.9 Å². The van der Waals surface area contributed by atoms with Crippen molar-refractivity contribution < 1.29 is 0 Å². The van der Waals surface area contributed by atoms with Crippen LogP contribution in [-0.2, 0) is 0 Å². The number of aromatic nitrogens is 1. The molecule has 0 aliphatic carbocycles. The predicted molar refractivity (Wildman–Crippen MR) is 70.6 cm³/mol. The largest absolute Gasteiger partial charge is 0.236 e. The Bertz CT molecular complexity index is 558. The minimum atomic E-state index is 0.499. The molecule has 1 aromatic carbocycles. The van der Waals surface area contributed by atoms with Gasteiger partial charge in [-0.3, -0.25) is 0 Å². The lowest BCUT2D eigenvalue weighted by atomic mass is 10.0. The van der Waals surface area contributed by atoms with Crippen molar-refractivity contribution in [2.24, 2.45) is 0 Å². The van der Waals surface area contributed by atoms with Gasteiger partial charge in [0.05, 0.1) is 5.52 Å². The molecular weight excluding hydrogens is 218 g/mol. The van der Waals surface area contributed by atoms with Gasteiger partial charge in [-0.1, -0.05) is 42.5 Å². The normalized spacial score (nSPS) is 10.3. The maximum atomic E-state index is 5.99. The van der Waals surface area contributed by atoms with E-state index in [1.54, 1.807) is 0 Å². The monoisotopic (exact) mass is 229 g/mol. The summed E-state index contributed by atoms with van der Waals surface area (Å²) in [7, 11) is 0. The average molecular weight is 230 g/mol. The first-order chi connectivity index (χ1) is 7.72. The van der Waals surface area contributed by atoms with Crippen LogP contribution in [0.15, 0.2) is 49.6 Å². The minimum Gasteiger partial charge on any atom is -0.236 e. The Labute approximate surface area is 100 Å². The van der Waals surface area contributed by atoms with Crippen LogP contribution in [0, 0.1) is 0 Å². The summed E-state index contributed by atoms with van der Waals surface area (Å²) in [4.78, 5) is 4.28. The summed E-state index contributed by atoms with van der Waals surface area (Å²) in [6.07, 6.45) is 2.59. The molecule has 0 aliphatic rings. The van der Waals surface area contributed by atoms with E-state index in [1.807, 2.05) is 36.4 Å². The van der Waals surface area contributed by atoms with Crippen molar-refractivity contribution in [2.45, 2.75) is 6.42 Å². The zero-order chi connectivity index (χ0) is 11.5. The van der Waals surface area contributed by atoms with Gasteiger partial charge in [0, 0.05) is 5.39 Å². The molecule has 2 heteroatoms. The summed E-state index contributed by atoms with van der Waals surface area (Å²) in [5.74, 6) is 0. The quantitative estimate of drug-likeness (QED) is 0.559. The van der Waals surface area contributed by atoms with E-state index >= 15 is 0 Å². The molecule has 1 aromatic heterocycles. The van der Waals surface area contributed by atoms with Gasteiger partial charge in [-0.25, -0.2) is 4.98 Å². The fourth-order valence-electron chi connectivity index (χ4n) is 1.72. The maximum absolute atomic E-state index is 5.99. The molecule has 0 amide bonds. The molecule has 2 aromatic rings. The zero-order valence-electron chi connectivity index (χ0n) is 8.91. The summed E-state index contributed by atoms with van der Waals surface area (Å²) < 4.78 is 0. The molecule has 0 radical (unpaired) electrons. The second kappa shape index (κ2) is 4.50. The lowest BCUT2D eigenvalue weighted by molar-refractivity contribution is 1.37. The van der Waals surface area contributed by atoms with Crippen LogP contribution < -0.4 is 0 Å². The number of hydrogen-bond donors (Lipinski definition) is 0. The second-order valence-corrected chi connectivity index (χ2v) is 3.99. The highest BCUT2D eigenvalue weighted by Crippen LogP contribution is 2.27. The van der Waals surface area contributed by atoms with E-state index < -0.39 is 0 Å². The summed E-state index contributed by atoms with van der Waals surface area (Å²) in [5, 5.41) is 1.58. The highest BCUT2D eigenvalue weighted by atomic mass is 35.5. The lowest BCUT2D eigenvalue weighted by Crippen LogP contribution is -1.88. The highest BCUT2D eigenvalue weighted by Gasteiger charge is 2.06. The smallest absolute Gasteiger partial charge is 0.130 e. The van der Waals surface area contributed by atoms with E-state index in [0.29, 0.717) is 5.15 Å². The summed E-state index contributed by atoms with van der Waals surface area (Å²) in [6, 6.07) is 9.78. The van der Waals surface area contributed by atoms with Crippen LogP contribution in [0.4, 0.5) is 0 Å². The number of pyridine rings is 1. The maximum Gasteiger partial charge on any atom is 0.130 e. The van der Waals surface area contributed by atoms with Crippen LogP contribution in [0.1, 0.15) is 12.0 Å². The molecule has 0 unspecified atom stereocenters. The molecule has 16 heavy (non-hydrogen) atoms. The summed E-state index contributed by atoms with van der Waals surface area (Å²) in [6.45, 7) is 7.77. The number of hydrogen-bond acceptors (Lipinski definition) is 1. The molecule has 0 bridgehead atoms. The van der Waals surface area contributed by atoms with Crippen LogP contribution >= 0.6 is 11.6 Å². The Morgan fingerprint density at radius 2 is 2.12 bits per heavy atom. The first-order valence-electron chi connectivity index (χ1n) is 5.06. The van der Waals surface area contributed by atoms with Crippen molar-refractivity contribution in [3.8, 4) is 0 Å². The molecular formula is C14H12ClN. The third-order valence-electron chi connectivity index (χ3n) is 2.46. The lowest BCUT2D eigenvalue weighted by Gasteiger charge is -2.08. The van der Waals surface area contributed by atoms with Crippen LogP contribution in [0.5, 0.6) is 0 Å². The summed E-state index contributed by atoms with van der Waals surface area (Å²) >= 11 is 5.99. The van der Waals surface area contributed by atoms with Gasteiger partial charge in [-0.15, -0.1) is 6.58 Å².